The van der Waals surface area contributed by atoms with Crippen LogP contribution in [-0.4, -0.2) is 30.9 Å². The molecule has 0 N–H and O–H groups in total. The Balaban J connectivity index is 2.94. The molecule has 0 saturated carbocycles. The molecule has 0 aliphatic carbocycles. The molecule has 0 spiro atoms. The number of carbonyl (C=O) groups excluding carboxylic acids is 1. The molecule has 0 aromatic carbocycles. The van der Waals surface area contributed by atoms with Crippen LogP contribution in [-0.2, 0) is 9.53 Å². The van der Waals surface area contributed by atoms with Crippen molar-refractivity contribution < 1.29 is 27.8 Å². The Morgan fingerprint density at radius 2 is 1.94 bits per heavy atom. The molecule has 1 aliphatic rings. The molecule has 0 aromatic rings. The fraction of sp³-hybridized carbons (Fsp3) is 0.889. The zero-order valence-corrected chi connectivity index (χ0v) is 8.83. The van der Waals surface area contributed by atoms with E-state index in [0.29, 0.717) is 0 Å². The lowest BCUT2D eigenvalue weighted by Gasteiger charge is -2.38. The minimum Gasteiger partial charge on any atom is -0.550 e. The maximum Gasteiger partial charge on any atom is 0.389 e. The van der Waals surface area contributed by atoms with Gasteiger partial charge in [-0.15, -0.1) is 0 Å². The second kappa shape index (κ2) is 4.99. The quantitative estimate of drug-likeness (QED) is 0.689. The molecule has 17 heavy (non-hydrogen) atoms. The Bertz CT molecular complexity index is 299. The van der Waals surface area contributed by atoms with Gasteiger partial charge in [0.05, 0.1) is 6.42 Å². The summed E-state index contributed by atoms with van der Waals surface area (Å²) >= 11 is 0. The topological polar surface area (TPSA) is 78.8 Å². The fourth-order valence-electron chi connectivity index (χ4n) is 1.95. The number of nitrogens with zero attached hydrogens (tertiary/aromatic N) is 1. The molecule has 1 aliphatic heterocycles. The van der Waals surface area contributed by atoms with Crippen molar-refractivity contribution in [2.24, 2.45) is 11.1 Å². The highest BCUT2D eigenvalue weighted by molar-refractivity contribution is 5.69. The largest absolute Gasteiger partial charge is 0.550 e. The first-order valence-corrected chi connectivity index (χ1v) is 5.00. The van der Waals surface area contributed by atoms with Crippen LogP contribution >= 0.6 is 0 Å². The molecule has 1 heterocycles. The van der Waals surface area contributed by atoms with Gasteiger partial charge in [0.1, 0.15) is 5.54 Å². The maximum absolute atomic E-state index is 12.3. The number of halogens is 3. The normalized spacial score (nSPS) is 21.8. The van der Waals surface area contributed by atoms with Gasteiger partial charge in [-0.2, -0.15) is 18.1 Å². The predicted molar refractivity (Wildman–Crippen MR) is 47.7 cm³/mol. The van der Waals surface area contributed by atoms with Gasteiger partial charge in [-0.05, 0) is 0 Å². The Labute approximate surface area is 94.9 Å². The van der Waals surface area contributed by atoms with Crippen LogP contribution in [0.2, 0.25) is 0 Å². The highest BCUT2D eigenvalue weighted by atomic mass is 19.4. The van der Waals surface area contributed by atoms with Gasteiger partial charge in [0.15, 0.2) is 0 Å². The molecule has 0 radical (unpaired) electrons. The van der Waals surface area contributed by atoms with Crippen molar-refractivity contribution in [2.45, 2.75) is 31.0 Å². The summed E-state index contributed by atoms with van der Waals surface area (Å²) in [4.78, 5) is 21.5. The number of carboxylic acids is 1. The first-order valence-electron chi connectivity index (χ1n) is 5.00. The third-order valence-corrected chi connectivity index (χ3v) is 2.91. The average molecular weight is 254 g/mol. The molecule has 1 saturated heterocycles. The molecule has 0 amide bonds. The van der Waals surface area contributed by atoms with Crippen molar-refractivity contribution in [1.29, 1.82) is 0 Å². The van der Waals surface area contributed by atoms with Crippen LogP contribution in [0, 0.1) is 10.8 Å². The fourth-order valence-corrected chi connectivity index (χ4v) is 1.95. The highest BCUT2D eigenvalue weighted by Crippen LogP contribution is 2.39. The van der Waals surface area contributed by atoms with Gasteiger partial charge < -0.3 is 14.6 Å². The summed E-state index contributed by atoms with van der Waals surface area (Å²) in [5.74, 6) is -3.85. The maximum atomic E-state index is 12.3. The van der Waals surface area contributed by atoms with E-state index in [1.54, 1.807) is 0 Å². The molecule has 1 fully saturated rings. The molecule has 1 atom stereocenters. The summed E-state index contributed by atoms with van der Waals surface area (Å²) in [7, 11) is 0. The summed E-state index contributed by atoms with van der Waals surface area (Å²) in [5.41, 5.74) is -1.77. The molecule has 1 rings (SSSR count). The van der Waals surface area contributed by atoms with E-state index in [4.69, 9.17) is 4.74 Å². The summed E-state index contributed by atoms with van der Waals surface area (Å²) in [6.45, 7) is 0.0424. The summed E-state index contributed by atoms with van der Waals surface area (Å²) in [6.07, 6.45) is -6.56. The number of alkyl halides is 3. The lowest BCUT2D eigenvalue weighted by Crippen LogP contribution is -2.51. The third-order valence-electron chi connectivity index (χ3n) is 2.91. The number of ether oxygens (including phenoxy) is 1. The van der Waals surface area contributed by atoms with Gasteiger partial charge in [-0.3, -0.25) is 0 Å². The predicted octanol–water partition coefficient (Wildman–Crippen LogP) is 0.621. The SMILES string of the molecule is O=NC1(C(CC(F)(F)F)C(=O)[O-])CCOCC1. The van der Waals surface area contributed by atoms with Crippen LogP contribution in [0.3, 0.4) is 0 Å². The summed E-state index contributed by atoms with van der Waals surface area (Å²) < 4.78 is 41.7. The van der Waals surface area contributed by atoms with Crippen LogP contribution in [0.15, 0.2) is 5.18 Å². The average Bonchev–Trinajstić information content (AvgIpc) is 2.25. The Morgan fingerprint density at radius 3 is 2.29 bits per heavy atom. The van der Waals surface area contributed by atoms with E-state index in [-0.39, 0.29) is 26.1 Å². The minimum absolute atomic E-state index is 0.0212. The van der Waals surface area contributed by atoms with E-state index in [2.05, 4.69) is 5.18 Å². The highest BCUT2D eigenvalue weighted by Gasteiger charge is 2.47. The number of aliphatic carboxylic acids is 1. The molecule has 5 nitrogen and oxygen atoms in total. The van der Waals surface area contributed by atoms with Crippen LogP contribution < -0.4 is 5.11 Å². The van der Waals surface area contributed by atoms with E-state index in [0.717, 1.165) is 0 Å². The zero-order valence-electron chi connectivity index (χ0n) is 8.83. The monoisotopic (exact) mass is 254 g/mol. The van der Waals surface area contributed by atoms with E-state index in [1.807, 2.05) is 0 Å². The van der Waals surface area contributed by atoms with Crippen LogP contribution in [0.5, 0.6) is 0 Å². The van der Waals surface area contributed by atoms with Gasteiger partial charge in [0, 0.05) is 37.9 Å². The Kier molecular flexibility index (Phi) is 4.07. The number of carboxylic acid groups (broad SMARTS) is 1. The van der Waals surface area contributed by atoms with Crippen LogP contribution in [0.25, 0.3) is 0 Å². The summed E-state index contributed by atoms with van der Waals surface area (Å²) in [6, 6.07) is 0. The first kappa shape index (κ1) is 13.9. The number of hydrogen-bond acceptors (Lipinski definition) is 5. The van der Waals surface area contributed by atoms with E-state index < -0.39 is 30.0 Å². The Hall–Kier alpha value is -1.18. The third kappa shape index (κ3) is 3.39. The lowest BCUT2D eigenvalue weighted by molar-refractivity contribution is -0.318. The molecule has 98 valence electrons. The van der Waals surface area contributed by atoms with E-state index >= 15 is 0 Å². The molecular formula is C9H11F3NO4-. The number of carbonyl (C=O) groups is 1. The molecule has 0 bridgehead atoms. The van der Waals surface area contributed by atoms with Gasteiger partial charge >= 0.3 is 6.18 Å². The van der Waals surface area contributed by atoms with Crippen molar-refractivity contribution >= 4 is 5.97 Å². The van der Waals surface area contributed by atoms with Crippen molar-refractivity contribution in [1.82, 2.24) is 0 Å². The Morgan fingerprint density at radius 1 is 1.41 bits per heavy atom. The van der Waals surface area contributed by atoms with Crippen molar-refractivity contribution in [3.63, 3.8) is 0 Å². The molecule has 0 aromatic heterocycles. The minimum atomic E-state index is -4.68. The molecular weight excluding hydrogens is 243 g/mol. The molecule has 1 unspecified atom stereocenters. The van der Waals surface area contributed by atoms with Gasteiger partial charge in [0.25, 0.3) is 0 Å². The summed E-state index contributed by atoms with van der Waals surface area (Å²) in [5, 5.41) is 13.4. The van der Waals surface area contributed by atoms with E-state index in [9.17, 15) is 28.0 Å². The van der Waals surface area contributed by atoms with Crippen molar-refractivity contribution in [2.75, 3.05) is 13.2 Å². The number of hydrogen-bond donors (Lipinski definition) is 0. The van der Waals surface area contributed by atoms with Crippen molar-refractivity contribution in [3.8, 4) is 0 Å². The van der Waals surface area contributed by atoms with Gasteiger partial charge in [-0.1, -0.05) is 5.18 Å². The van der Waals surface area contributed by atoms with Gasteiger partial charge in [0.2, 0.25) is 0 Å². The number of rotatable bonds is 4. The molecule has 8 heteroatoms. The standard InChI is InChI=1S/C9H12F3NO4/c10-9(11,12)5-6(7(14)15)8(13-16)1-3-17-4-2-8/h6H,1-5H2,(H,14,15)/p-1. The van der Waals surface area contributed by atoms with Crippen LogP contribution in [0.1, 0.15) is 19.3 Å². The van der Waals surface area contributed by atoms with Crippen LogP contribution in [0.4, 0.5) is 13.2 Å². The lowest BCUT2D eigenvalue weighted by atomic mass is 9.76. The van der Waals surface area contributed by atoms with Gasteiger partial charge in [-0.25, -0.2) is 0 Å². The number of nitroso groups, excluding NO2 is 1. The van der Waals surface area contributed by atoms with E-state index in [1.165, 1.54) is 0 Å². The second-order valence-electron chi connectivity index (χ2n) is 4.00. The van der Waals surface area contributed by atoms with Crippen molar-refractivity contribution in [3.05, 3.63) is 4.91 Å². The smallest absolute Gasteiger partial charge is 0.389 e. The zero-order chi connectivity index (χ0) is 13.1. The second-order valence-corrected chi connectivity index (χ2v) is 4.00. The first-order chi connectivity index (χ1) is 7.81.